The maximum atomic E-state index is 12.2. The summed E-state index contributed by atoms with van der Waals surface area (Å²) in [5.74, 6) is -0.0399. The molecule has 2 rings (SSSR count). The molecule has 0 aromatic heterocycles. The van der Waals surface area contributed by atoms with E-state index in [0.717, 1.165) is 25.9 Å². The third-order valence-electron chi connectivity index (χ3n) is 3.52. The standard InChI is InChI=1S/C14H19N3O4/c1-10(14(18)16-6-2-3-7-16)21-13-5-4-11(9-15)8-12(13)17(19)20/h4-5,8,10H,2-3,6-7,9,15H2,1H3. The van der Waals surface area contributed by atoms with Crippen molar-refractivity contribution in [3.63, 3.8) is 0 Å². The van der Waals surface area contributed by atoms with Gasteiger partial charge >= 0.3 is 5.69 Å². The molecule has 0 saturated carbocycles. The van der Waals surface area contributed by atoms with Gasteiger partial charge < -0.3 is 15.4 Å². The highest BCUT2D eigenvalue weighted by Gasteiger charge is 2.26. The van der Waals surface area contributed by atoms with Gasteiger partial charge in [0.15, 0.2) is 11.9 Å². The number of ether oxygens (including phenoxy) is 1. The van der Waals surface area contributed by atoms with Gasteiger partial charge in [0.1, 0.15) is 0 Å². The van der Waals surface area contributed by atoms with E-state index >= 15 is 0 Å². The highest BCUT2D eigenvalue weighted by Crippen LogP contribution is 2.29. The minimum atomic E-state index is -0.745. The number of amides is 1. The first-order valence-electron chi connectivity index (χ1n) is 6.95. The summed E-state index contributed by atoms with van der Waals surface area (Å²) in [4.78, 5) is 24.5. The van der Waals surface area contributed by atoms with E-state index in [-0.39, 0.29) is 23.9 Å². The van der Waals surface area contributed by atoms with Crippen molar-refractivity contribution in [3.8, 4) is 5.75 Å². The van der Waals surface area contributed by atoms with Crippen LogP contribution in [0.1, 0.15) is 25.3 Å². The normalized spacial score (nSPS) is 15.8. The Hall–Kier alpha value is -2.15. The maximum Gasteiger partial charge on any atom is 0.311 e. The van der Waals surface area contributed by atoms with E-state index in [1.165, 1.54) is 12.1 Å². The SMILES string of the molecule is CC(Oc1ccc(CN)cc1[N+](=O)[O-])C(=O)N1CCCC1. The van der Waals surface area contributed by atoms with Crippen LogP contribution >= 0.6 is 0 Å². The van der Waals surface area contributed by atoms with Crippen LogP contribution in [0.15, 0.2) is 18.2 Å². The lowest BCUT2D eigenvalue weighted by Crippen LogP contribution is -2.38. The number of carbonyl (C=O) groups is 1. The average Bonchev–Trinajstić information content (AvgIpc) is 3.00. The molecule has 1 unspecified atom stereocenters. The lowest BCUT2D eigenvalue weighted by molar-refractivity contribution is -0.386. The molecule has 0 aliphatic carbocycles. The zero-order valence-corrected chi connectivity index (χ0v) is 11.9. The lowest BCUT2D eigenvalue weighted by atomic mass is 10.2. The third-order valence-corrected chi connectivity index (χ3v) is 3.52. The summed E-state index contributed by atoms with van der Waals surface area (Å²) in [6.07, 6.45) is 1.23. The molecule has 0 radical (unpaired) electrons. The van der Waals surface area contributed by atoms with E-state index in [2.05, 4.69) is 0 Å². The number of nitrogens with zero attached hydrogens (tertiary/aromatic N) is 2. The average molecular weight is 293 g/mol. The highest BCUT2D eigenvalue weighted by atomic mass is 16.6. The zero-order chi connectivity index (χ0) is 15.4. The number of rotatable bonds is 5. The number of carbonyl (C=O) groups excluding carboxylic acids is 1. The predicted molar refractivity (Wildman–Crippen MR) is 76.9 cm³/mol. The molecule has 2 N–H and O–H groups in total. The van der Waals surface area contributed by atoms with Crippen molar-refractivity contribution < 1.29 is 14.5 Å². The number of nitrogens with two attached hydrogens (primary N) is 1. The van der Waals surface area contributed by atoms with Crippen molar-refractivity contribution >= 4 is 11.6 Å². The quantitative estimate of drug-likeness (QED) is 0.654. The summed E-state index contributed by atoms with van der Waals surface area (Å²) in [6, 6.07) is 4.53. The Morgan fingerprint density at radius 3 is 2.71 bits per heavy atom. The van der Waals surface area contributed by atoms with Crippen molar-refractivity contribution in [1.29, 1.82) is 0 Å². The molecule has 1 heterocycles. The maximum absolute atomic E-state index is 12.2. The summed E-state index contributed by atoms with van der Waals surface area (Å²) in [5.41, 5.74) is 5.96. The molecular formula is C14H19N3O4. The van der Waals surface area contributed by atoms with Crippen molar-refractivity contribution in [1.82, 2.24) is 4.90 Å². The van der Waals surface area contributed by atoms with Crippen LogP contribution in [0.2, 0.25) is 0 Å². The smallest absolute Gasteiger partial charge is 0.311 e. The van der Waals surface area contributed by atoms with Crippen LogP contribution in [-0.2, 0) is 11.3 Å². The van der Waals surface area contributed by atoms with Crippen molar-refractivity contribution in [2.45, 2.75) is 32.4 Å². The summed E-state index contributed by atoms with van der Waals surface area (Å²) >= 11 is 0. The lowest BCUT2D eigenvalue weighted by Gasteiger charge is -2.21. The van der Waals surface area contributed by atoms with Gasteiger partial charge in [-0.15, -0.1) is 0 Å². The van der Waals surface area contributed by atoms with Gasteiger partial charge in [0.25, 0.3) is 5.91 Å². The van der Waals surface area contributed by atoms with E-state index in [1.54, 1.807) is 17.9 Å². The molecule has 1 atom stereocenters. The molecule has 1 fully saturated rings. The fourth-order valence-electron chi connectivity index (χ4n) is 2.37. The second kappa shape index (κ2) is 6.53. The fourth-order valence-corrected chi connectivity index (χ4v) is 2.37. The molecule has 7 nitrogen and oxygen atoms in total. The van der Waals surface area contributed by atoms with Crippen molar-refractivity contribution in [2.24, 2.45) is 5.73 Å². The molecule has 7 heteroatoms. The zero-order valence-electron chi connectivity index (χ0n) is 11.9. The third kappa shape index (κ3) is 3.49. The fraction of sp³-hybridized carbons (Fsp3) is 0.500. The van der Waals surface area contributed by atoms with E-state index in [4.69, 9.17) is 10.5 Å². The van der Waals surface area contributed by atoms with Gasteiger partial charge in [-0.1, -0.05) is 6.07 Å². The number of hydrogen-bond acceptors (Lipinski definition) is 5. The van der Waals surface area contributed by atoms with Gasteiger partial charge in [-0.3, -0.25) is 14.9 Å². The summed E-state index contributed by atoms with van der Waals surface area (Å²) in [5, 5.41) is 11.1. The molecule has 1 aromatic carbocycles. The van der Waals surface area contributed by atoms with Crippen LogP contribution in [0.4, 0.5) is 5.69 Å². The summed E-state index contributed by atoms with van der Waals surface area (Å²) in [6.45, 7) is 3.27. The van der Waals surface area contributed by atoms with E-state index < -0.39 is 11.0 Å². The molecule has 1 aliphatic heterocycles. The molecule has 0 spiro atoms. The van der Waals surface area contributed by atoms with Crippen LogP contribution < -0.4 is 10.5 Å². The van der Waals surface area contributed by atoms with Gasteiger partial charge in [0.2, 0.25) is 0 Å². The van der Waals surface area contributed by atoms with Gasteiger partial charge in [0, 0.05) is 25.7 Å². The van der Waals surface area contributed by atoms with Gasteiger partial charge in [-0.2, -0.15) is 0 Å². The molecule has 1 aromatic rings. The second-order valence-electron chi connectivity index (χ2n) is 5.06. The topological polar surface area (TPSA) is 98.7 Å². The Balaban J connectivity index is 2.14. The molecule has 0 bridgehead atoms. The second-order valence-corrected chi connectivity index (χ2v) is 5.06. The first-order valence-corrected chi connectivity index (χ1v) is 6.95. The number of likely N-dealkylation sites (tertiary alicyclic amines) is 1. The number of nitro benzene ring substituents is 1. The van der Waals surface area contributed by atoms with Crippen LogP contribution in [0, 0.1) is 10.1 Å². The van der Waals surface area contributed by atoms with E-state index in [9.17, 15) is 14.9 Å². The number of benzene rings is 1. The molecule has 1 aliphatic rings. The van der Waals surface area contributed by atoms with E-state index in [0.29, 0.717) is 5.56 Å². The molecule has 21 heavy (non-hydrogen) atoms. The van der Waals surface area contributed by atoms with Crippen LogP contribution in [-0.4, -0.2) is 34.9 Å². The molecule has 1 amide bonds. The van der Waals surface area contributed by atoms with Crippen molar-refractivity contribution in [3.05, 3.63) is 33.9 Å². The summed E-state index contributed by atoms with van der Waals surface area (Å²) in [7, 11) is 0. The van der Waals surface area contributed by atoms with Crippen LogP contribution in [0.3, 0.4) is 0 Å². The molecule has 114 valence electrons. The minimum Gasteiger partial charge on any atom is -0.474 e. The minimum absolute atomic E-state index is 0.0947. The number of hydrogen-bond donors (Lipinski definition) is 1. The highest BCUT2D eigenvalue weighted by molar-refractivity contribution is 5.81. The summed E-state index contributed by atoms with van der Waals surface area (Å²) < 4.78 is 5.51. The first-order chi connectivity index (χ1) is 10.0. The Labute approximate surface area is 122 Å². The Morgan fingerprint density at radius 2 is 2.14 bits per heavy atom. The monoisotopic (exact) mass is 293 g/mol. The largest absolute Gasteiger partial charge is 0.474 e. The Bertz CT molecular complexity index is 541. The Kier molecular flexibility index (Phi) is 4.74. The van der Waals surface area contributed by atoms with Crippen LogP contribution in [0.5, 0.6) is 5.75 Å². The van der Waals surface area contributed by atoms with Crippen LogP contribution in [0.25, 0.3) is 0 Å². The Morgan fingerprint density at radius 1 is 1.48 bits per heavy atom. The number of nitro groups is 1. The van der Waals surface area contributed by atoms with Crippen molar-refractivity contribution in [2.75, 3.05) is 13.1 Å². The van der Waals surface area contributed by atoms with E-state index in [1.807, 2.05) is 0 Å². The molecule has 1 saturated heterocycles. The van der Waals surface area contributed by atoms with Gasteiger partial charge in [-0.25, -0.2) is 0 Å². The van der Waals surface area contributed by atoms with Gasteiger partial charge in [-0.05, 0) is 31.4 Å². The molecular weight excluding hydrogens is 274 g/mol. The first kappa shape index (κ1) is 15.2. The van der Waals surface area contributed by atoms with Gasteiger partial charge in [0.05, 0.1) is 4.92 Å². The predicted octanol–water partition coefficient (Wildman–Crippen LogP) is 1.44.